The van der Waals surface area contributed by atoms with Crippen molar-refractivity contribution in [2.24, 2.45) is 0 Å². The van der Waals surface area contributed by atoms with Crippen LogP contribution in [0.1, 0.15) is 38.8 Å². The Morgan fingerprint density at radius 2 is 1.76 bits per heavy atom. The smallest absolute Gasteiger partial charge is 0.253 e. The second kappa shape index (κ2) is 6.55. The van der Waals surface area contributed by atoms with Gasteiger partial charge in [0.05, 0.1) is 6.61 Å². The Morgan fingerprint density at radius 1 is 1.10 bits per heavy atom. The van der Waals surface area contributed by atoms with Crippen molar-refractivity contribution in [3.63, 3.8) is 0 Å². The van der Waals surface area contributed by atoms with Gasteiger partial charge < -0.3 is 4.74 Å². The summed E-state index contributed by atoms with van der Waals surface area (Å²) in [5.41, 5.74) is 1.80. The Morgan fingerprint density at radius 3 is 2.33 bits per heavy atom. The number of hydrogen-bond acceptors (Lipinski definition) is 3. The predicted molar refractivity (Wildman–Crippen MR) is 82.4 cm³/mol. The van der Waals surface area contributed by atoms with Gasteiger partial charge in [-0.3, -0.25) is 9.59 Å². The molecule has 0 aliphatic heterocycles. The summed E-state index contributed by atoms with van der Waals surface area (Å²) in [5.74, 6) is 0.479. The molecule has 0 aliphatic rings. The number of aryl methyl sites for hydroxylation is 1. The van der Waals surface area contributed by atoms with E-state index in [0.29, 0.717) is 23.5 Å². The van der Waals surface area contributed by atoms with E-state index >= 15 is 0 Å². The molecule has 2 rings (SSSR count). The summed E-state index contributed by atoms with van der Waals surface area (Å²) in [5, 5.41) is -0.631. The fourth-order valence-electron chi connectivity index (χ4n) is 2.15. The van der Waals surface area contributed by atoms with Crippen molar-refractivity contribution in [1.29, 1.82) is 0 Å². The summed E-state index contributed by atoms with van der Waals surface area (Å²) in [6.45, 7) is 4.24. The second-order valence-electron chi connectivity index (χ2n) is 4.56. The van der Waals surface area contributed by atoms with Crippen LogP contribution in [0.5, 0.6) is 5.75 Å². The van der Waals surface area contributed by atoms with Crippen LogP contribution in [0.4, 0.5) is 0 Å². The van der Waals surface area contributed by atoms with Crippen molar-refractivity contribution >= 4 is 22.6 Å². The minimum Gasteiger partial charge on any atom is -0.494 e. The lowest BCUT2D eigenvalue weighted by Gasteiger charge is -2.09. The van der Waals surface area contributed by atoms with E-state index in [-0.39, 0.29) is 11.3 Å². The zero-order chi connectivity index (χ0) is 15.4. The molecule has 0 aromatic heterocycles. The lowest BCUT2D eigenvalue weighted by Crippen LogP contribution is -2.09. The van der Waals surface area contributed by atoms with Gasteiger partial charge in [0.2, 0.25) is 0 Å². The number of carbonyl (C=O) groups is 2. The highest BCUT2D eigenvalue weighted by Gasteiger charge is 2.19. The molecule has 21 heavy (non-hydrogen) atoms. The van der Waals surface area contributed by atoms with Gasteiger partial charge in [0.1, 0.15) is 5.75 Å². The van der Waals surface area contributed by atoms with Gasteiger partial charge >= 0.3 is 0 Å². The van der Waals surface area contributed by atoms with Gasteiger partial charge in [0.25, 0.3) is 5.24 Å². The van der Waals surface area contributed by atoms with Crippen molar-refractivity contribution in [1.82, 2.24) is 0 Å². The lowest BCUT2D eigenvalue weighted by molar-refractivity contribution is 0.102. The molecule has 0 saturated heterocycles. The molecule has 0 bridgehead atoms. The molecule has 3 nitrogen and oxygen atoms in total. The maximum absolute atomic E-state index is 12.6. The Kier molecular flexibility index (Phi) is 4.76. The summed E-state index contributed by atoms with van der Waals surface area (Å²) in [6, 6.07) is 11.9. The van der Waals surface area contributed by atoms with Crippen molar-refractivity contribution in [3.8, 4) is 5.75 Å². The summed E-state index contributed by atoms with van der Waals surface area (Å²) >= 11 is 5.57. The molecule has 2 aromatic rings. The van der Waals surface area contributed by atoms with Gasteiger partial charge in [-0.15, -0.1) is 0 Å². The average molecular weight is 303 g/mol. The first-order valence-electron chi connectivity index (χ1n) is 6.61. The average Bonchev–Trinajstić information content (AvgIpc) is 2.47. The quantitative estimate of drug-likeness (QED) is 0.619. The first kappa shape index (κ1) is 15.3. The first-order chi connectivity index (χ1) is 10.0. The highest BCUT2D eigenvalue weighted by molar-refractivity contribution is 6.68. The number of hydrogen-bond donors (Lipinski definition) is 0. The Balaban J connectivity index is 2.42. The minimum atomic E-state index is -0.631. The molecule has 0 spiro atoms. The SMILES string of the molecule is CCOc1ccc(C(=O)c2c(C)cccc2C(=O)Cl)cc1. The Hall–Kier alpha value is -2.13. The van der Waals surface area contributed by atoms with Crippen LogP contribution in [-0.4, -0.2) is 17.6 Å². The summed E-state index contributed by atoms with van der Waals surface area (Å²) in [7, 11) is 0. The molecule has 0 heterocycles. The van der Waals surface area contributed by atoms with Crippen LogP contribution in [0.25, 0.3) is 0 Å². The van der Waals surface area contributed by atoms with Crippen LogP contribution < -0.4 is 4.74 Å². The fraction of sp³-hybridized carbons (Fsp3) is 0.176. The minimum absolute atomic E-state index is 0.222. The van der Waals surface area contributed by atoms with Crippen LogP contribution >= 0.6 is 11.6 Å². The van der Waals surface area contributed by atoms with E-state index in [1.807, 2.05) is 6.92 Å². The first-order valence-corrected chi connectivity index (χ1v) is 6.99. The standard InChI is InChI=1S/C17H15ClO3/c1-3-21-13-9-7-12(8-10-13)16(19)15-11(2)5-4-6-14(15)17(18)20/h4-10H,3H2,1-2H3. The maximum Gasteiger partial charge on any atom is 0.253 e. The molecule has 0 N–H and O–H groups in total. The van der Waals surface area contributed by atoms with E-state index in [0.717, 1.165) is 5.56 Å². The van der Waals surface area contributed by atoms with E-state index in [2.05, 4.69) is 0 Å². The molecular weight excluding hydrogens is 288 g/mol. The highest BCUT2D eigenvalue weighted by Crippen LogP contribution is 2.22. The van der Waals surface area contributed by atoms with Gasteiger partial charge in [-0.2, -0.15) is 0 Å². The van der Waals surface area contributed by atoms with E-state index in [4.69, 9.17) is 16.3 Å². The van der Waals surface area contributed by atoms with Crippen LogP contribution in [-0.2, 0) is 0 Å². The molecule has 2 aromatic carbocycles. The predicted octanol–water partition coefficient (Wildman–Crippen LogP) is 4.00. The summed E-state index contributed by atoms with van der Waals surface area (Å²) in [4.78, 5) is 24.1. The number of ketones is 1. The van der Waals surface area contributed by atoms with Crippen molar-refractivity contribution < 1.29 is 14.3 Å². The van der Waals surface area contributed by atoms with E-state index in [1.54, 1.807) is 49.4 Å². The molecule has 0 fully saturated rings. The van der Waals surface area contributed by atoms with E-state index in [9.17, 15) is 9.59 Å². The van der Waals surface area contributed by atoms with Gasteiger partial charge in [-0.05, 0) is 61.3 Å². The zero-order valence-electron chi connectivity index (χ0n) is 11.9. The van der Waals surface area contributed by atoms with Crippen LogP contribution in [0, 0.1) is 6.92 Å². The molecule has 4 heteroatoms. The molecule has 0 atom stereocenters. The largest absolute Gasteiger partial charge is 0.494 e. The molecule has 0 radical (unpaired) electrons. The second-order valence-corrected chi connectivity index (χ2v) is 4.90. The van der Waals surface area contributed by atoms with Gasteiger partial charge in [-0.25, -0.2) is 0 Å². The van der Waals surface area contributed by atoms with E-state index in [1.165, 1.54) is 0 Å². The van der Waals surface area contributed by atoms with Gasteiger partial charge in [0.15, 0.2) is 5.78 Å². The lowest BCUT2D eigenvalue weighted by atomic mass is 9.94. The third kappa shape index (κ3) is 3.31. The molecule has 0 unspecified atom stereocenters. The molecule has 0 aliphatic carbocycles. The number of ether oxygens (including phenoxy) is 1. The third-order valence-corrected chi connectivity index (χ3v) is 3.34. The fourth-order valence-corrected chi connectivity index (χ4v) is 2.30. The zero-order valence-corrected chi connectivity index (χ0v) is 12.6. The van der Waals surface area contributed by atoms with Crippen LogP contribution in [0.3, 0.4) is 0 Å². The highest BCUT2D eigenvalue weighted by atomic mass is 35.5. The van der Waals surface area contributed by atoms with Crippen molar-refractivity contribution in [2.45, 2.75) is 13.8 Å². The molecule has 0 saturated carbocycles. The van der Waals surface area contributed by atoms with Crippen molar-refractivity contribution in [3.05, 3.63) is 64.7 Å². The maximum atomic E-state index is 12.6. The molecular formula is C17H15ClO3. The van der Waals surface area contributed by atoms with Crippen LogP contribution in [0.2, 0.25) is 0 Å². The third-order valence-electron chi connectivity index (χ3n) is 3.14. The summed E-state index contributed by atoms with van der Waals surface area (Å²) < 4.78 is 5.35. The number of rotatable bonds is 5. The Labute approximate surface area is 128 Å². The Bertz CT molecular complexity index is 675. The topological polar surface area (TPSA) is 43.4 Å². The normalized spacial score (nSPS) is 10.2. The number of benzene rings is 2. The van der Waals surface area contributed by atoms with Crippen LogP contribution in [0.15, 0.2) is 42.5 Å². The summed E-state index contributed by atoms with van der Waals surface area (Å²) in [6.07, 6.45) is 0. The monoisotopic (exact) mass is 302 g/mol. The molecule has 108 valence electrons. The molecule has 0 amide bonds. The van der Waals surface area contributed by atoms with Crippen molar-refractivity contribution in [2.75, 3.05) is 6.61 Å². The van der Waals surface area contributed by atoms with Gasteiger partial charge in [0, 0.05) is 16.7 Å². The number of halogens is 1. The van der Waals surface area contributed by atoms with Gasteiger partial charge in [-0.1, -0.05) is 12.1 Å². The number of carbonyl (C=O) groups excluding carboxylic acids is 2. The van der Waals surface area contributed by atoms with E-state index < -0.39 is 5.24 Å².